The van der Waals surface area contributed by atoms with E-state index in [1.807, 2.05) is 24.4 Å². The largest absolute Gasteiger partial charge is 0.301 e. The Morgan fingerprint density at radius 1 is 1.29 bits per heavy atom. The van der Waals surface area contributed by atoms with E-state index < -0.39 is 5.41 Å². The first-order chi connectivity index (χ1) is 10.1. The van der Waals surface area contributed by atoms with Gasteiger partial charge in [-0.15, -0.1) is 11.3 Å². The minimum atomic E-state index is -0.403. The summed E-state index contributed by atoms with van der Waals surface area (Å²) in [6.45, 7) is 1.94. The minimum Gasteiger partial charge on any atom is -0.301 e. The maximum atomic E-state index is 12.9. The van der Waals surface area contributed by atoms with Gasteiger partial charge in [0.15, 0.2) is 5.13 Å². The first-order valence-corrected chi connectivity index (χ1v) is 8.77. The lowest BCUT2D eigenvalue weighted by Gasteiger charge is -2.27. The van der Waals surface area contributed by atoms with Crippen LogP contribution in [0.15, 0.2) is 34.1 Å². The van der Waals surface area contributed by atoms with Crippen LogP contribution in [-0.4, -0.2) is 10.9 Å². The number of benzene rings is 1. The SMILES string of the molecule is Cc1csc(NC(=O)C2(c3ccc(Br)cc3)CCCC2)n1. The number of carbonyl (C=O) groups excluding carboxylic acids is 1. The van der Waals surface area contributed by atoms with Gasteiger partial charge in [-0.05, 0) is 37.5 Å². The highest BCUT2D eigenvalue weighted by Crippen LogP contribution is 2.42. The number of amides is 1. The first-order valence-electron chi connectivity index (χ1n) is 7.10. The molecule has 0 saturated heterocycles. The van der Waals surface area contributed by atoms with Crippen LogP contribution in [0.2, 0.25) is 0 Å². The van der Waals surface area contributed by atoms with Gasteiger partial charge in [-0.1, -0.05) is 40.9 Å². The standard InChI is InChI=1S/C16H17BrN2OS/c1-11-10-21-15(18-11)19-14(20)16(8-2-3-9-16)12-4-6-13(17)7-5-12/h4-7,10H,2-3,8-9H2,1H3,(H,18,19,20). The lowest BCUT2D eigenvalue weighted by Crippen LogP contribution is -2.37. The van der Waals surface area contributed by atoms with Crippen LogP contribution in [-0.2, 0) is 10.2 Å². The van der Waals surface area contributed by atoms with E-state index in [9.17, 15) is 4.79 Å². The molecule has 0 atom stereocenters. The van der Waals surface area contributed by atoms with Gasteiger partial charge in [0.05, 0.1) is 11.1 Å². The van der Waals surface area contributed by atoms with Gasteiger partial charge in [0.25, 0.3) is 0 Å². The topological polar surface area (TPSA) is 42.0 Å². The van der Waals surface area contributed by atoms with Crippen LogP contribution >= 0.6 is 27.3 Å². The molecule has 1 aliphatic carbocycles. The highest BCUT2D eigenvalue weighted by atomic mass is 79.9. The summed E-state index contributed by atoms with van der Waals surface area (Å²) < 4.78 is 1.04. The molecule has 3 nitrogen and oxygen atoms in total. The van der Waals surface area contributed by atoms with Crippen molar-refractivity contribution in [2.45, 2.75) is 38.0 Å². The van der Waals surface area contributed by atoms with Gasteiger partial charge < -0.3 is 5.32 Å². The van der Waals surface area contributed by atoms with Crippen molar-refractivity contribution < 1.29 is 4.79 Å². The Hall–Kier alpha value is -1.20. The fourth-order valence-corrected chi connectivity index (χ4v) is 3.97. The zero-order valence-corrected chi connectivity index (χ0v) is 14.3. The maximum Gasteiger partial charge on any atom is 0.236 e. The van der Waals surface area contributed by atoms with Crippen molar-refractivity contribution in [3.8, 4) is 0 Å². The lowest BCUT2D eigenvalue weighted by atomic mass is 9.78. The molecule has 0 bridgehead atoms. The number of thiazole rings is 1. The third-order valence-electron chi connectivity index (χ3n) is 4.13. The van der Waals surface area contributed by atoms with Gasteiger partial charge in [-0.3, -0.25) is 4.79 Å². The molecule has 1 amide bonds. The Morgan fingerprint density at radius 2 is 1.95 bits per heavy atom. The molecule has 0 radical (unpaired) electrons. The molecule has 1 aromatic heterocycles. The molecule has 0 aliphatic heterocycles. The smallest absolute Gasteiger partial charge is 0.236 e. The van der Waals surface area contributed by atoms with Gasteiger partial charge in [0, 0.05) is 9.85 Å². The van der Waals surface area contributed by atoms with Gasteiger partial charge in [0.1, 0.15) is 0 Å². The average Bonchev–Trinajstić information content (AvgIpc) is 3.10. The molecule has 0 unspecified atom stereocenters. The second kappa shape index (κ2) is 5.89. The number of aromatic nitrogens is 1. The monoisotopic (exact) mass is 364 g/mol. The molecule has 1 N–H and O–H groups in total. The number of nitrogens with zero attached hydrogens (tertiary/aromatic N) is 1. The molecular formula is C16H17BrN2OS. The van der Waals surface area contributed by atoms with Crippen LogP contribution in [0.1, 0.15) is 36.9 Å². The van der Waals surface area contributed by atoms with Crippen LogP contribution in [0.4, 0.5) is 5.13 Å². The Labute approximate surface area is 136 Å². The van der Waals surface area contributed by atoms with Gasteiger partial charge in [0.2, 0.25) is 5.91 Å². The molecule has 110 valence electrons. The third kappa shape index (κ3) is 2.90. The molecule has 1 saturated carbocycles. The van der Waals surface area contributed by atoms with E-state index >= 15 is 0 Å². The van der Waals surface area contributed by atoms with E-state index in [2.05, 4.69) is 38.4 Å². The Morgan fingerprint density at radius 3 is 2.52 bits per heavy atom. The summed E-state index contributed by atoms with van der Waals surface area (Å²) in [6, 6.07) is 8.14. The Balaban J connectivity index is 1.89. The van der Waals surface area contributed by atoms with Crippen molar-refractivity contribution in [3.05, 3.63) is 45.4 Å². The number of rotatable bonds is 3. The van der Waals surface area contributed by atoms with Gasteiger partial charge in [-0.2, -0.15) is 0 Å². The lowest BCUT2D eigenvalue weighted by molar-refractivity contribution is -0.121. The zero-order valence-electron chi connectivity index (χ0n) is 11.9. The number of nitrogens with one attached hydrogen (secondary N) is 1. The summed E-state index contributed by atoms with van der Waals surface area (Å²) in [6.07, 6.45) is 4.01. The molecule has 21 heavy (non-hydrogen) atoms. The molecule has 1 aromatic carbocycles. The van der Waals surface area contributed by atoms with Crippen LogP contribution in [0.3, 0.4) is 0 Å². The molecule has 2 aromatic rings. The highest BCUT2D eigenvalue weighted by Gasteiger charge is 2.42. The maximum absolute atomic E-state index is 12.9. The summed E-state index contributed by atoms with van der Waals surface area (Å²) in [5.41, 5.74) is 1.65. The zero-order chi connectivity index (χ0) is 14.9. The summed E-state index contributed by atoms with van der Waals surface area (Å²) >= 11 is 4.94. The molecule has 1 aliphatic rings. The van der Waals surface area contributed by atoms with E-state index in [0.29, 0.717) is 5.13 Å². The van der Waals surface area contributed by atoms with Crippen molar-refractivity contribution >= 4 is 38.3 Å². The van der Waals surface area contributed by atoms with E-state index in [1.165, 1.54) is 11.3 Å². The molecule has 5 heteroatoms. The van der Waals surface area contributed by atoms with E-state index in [4.69, 9.17) is 0 Å². The van der Waals surface area contributed by atoms with Crippen LogP contribution in [0, 0.1) is 6.92 Å². The average molecular weight is 365 g/mol. The molecule has 0 spiro atoms. The van der Waals surface area contributed by atoms with Crippen molar-refractivity contribution in [3.63, 3.8) is 0 Å². The predicted octanol–water partition coefficient (Wildman–Crippen LogP) is 4.66. The summed E-state index contributed by atoms with van der Waals surface area (Å²) in [5.74, 6) is 0.0803. The third-order valence-corrected chi connectivity index (χ3v) is 5.53. The normalized spacial score (nSPS) is 16.9. The number of anilines is 1. The molecular weight excluding hydrogens is 348 g/mol. The predicted molar refractivity (Wildman–Crippen MR) is 89.8 cm³/mol. The van der Waals surface area contributed by atoms with Crippen LogP contribution in [0.5, 0.6) is 0 Å². The van der Waals surface area contributed by atoms with E-state index in [1.54, 1.807) is 0 Å². The highest BCUT2D eigenvalue weighted by molar-refractivity contribution is 9.10. The first kappa shape index (κ1) is 14.7. The van der Waals surface area contributed by atoms with Gasteiger partial charge >= 0.3 is 0 Å². The van der Waals surface area contributed by atoms with E-state index in [-0.39, 0.29) is 5.91 Å². The van der Waals surface area contributed by atoms with Crippen molar-refractivity contribution in [2.75, 3.05) is 5.32 Å². The fraction of sp³-hybridized carbons (Fsp3) is 0.375. The number of hydrogen-bond donors (Lipinski definition) is 1. The van der Waals surface area contributed by atoms with Crippen LogP contribution in [0.25, 0.3) is 0 Å². The Kier molecular flexibility index (Phi) is 4.13. The van der Waals surface area contributed by atoms with Crippen molar-refractivity contribution in [1.29, 1.82) is 0 Å². The summed E-state index contributed by atoms with van der Waals surface area (Å²) in [5, 5.41) is 5.67. The number of hydrogen-bond acceptors (Lipinski definition) is 3. The quantitative estimate of drug-likeness (QED) is 0.859. The van der Waals surface area contributed by atoms with Crippen molar-refractivity contribution in [2.24, 2.45) is 0 Å². The fourth-order valence-electron chi connectivity index (χ4n) is 3.02. The minimum absolute atomic E-state index is 0.0803. The number of aryl methyl sites for hydroxylation is 1. The summed E-state index contributed by atoms with van der Waals surface area (Å²) in [7, 11) is 0. The molecule has 3 rings (SSSR count). The number of carbonyl (C=O) groups is 1. The molecule has 1 heterocycles. The Bertz CT molecular complexity index is 645. The van der Waals surface area contributed by atoms with E-state index in [0.717, 1.165) is 41.4 Å². The molecule has 1 fully saturated rings. The van der Waals surface area contributed by atoms with Crippen LogP contribution < -0.4 is 5.32 Å². The van der Waals surface area contributed by atoms with Gasteiger partial charge in [-0.25, -0.2) is 4.98 Å². The second-order valence-electron chi connectivity index (χ2n) is 5.54. The number of halogens is 1. The summed E-state index contributed by atoms with van der Waals surface area (Å²) in [4.78, 5) is 17.2. The second-order valence-corrected chi connectivity index (χ2v) is 7.32. The van der Waals surface area contributed by atoms with Crippen molar-refractivity contribution in [1.82, 2.24) is 4.98 Å².